The SMILES string of the molecule is Nc1ccc([N+](=O)[O-])c(C(=O)NCC2CCC2)c1. The van der Waals surface area contributed by atoms with E-state index in [1.165, 1.54) is 24.6 Å². The van der Waals surface area contributed by atoms with Gasteiger partial charge in [0, 0.05) is 18.3 Å². The van der Waals surface area contributed by atoms with Crippen molar-refractivity contribution < 1.29 is 9.72 Å². The second-order valence-electron chi connectivity index (χ2n) is 4.54. The summed E-state index contributed by atoms with van der Waals surface area (Å²) in [6.07, 6.45) is 3.41. The number of rotatable bonds is 4. The van der Waals surface area contributed by atoms with E-state index < -0.39 is 10.8 Å². The maximum absolute atomic E-state index is 11.9. The minimum Gasteiger partial charge on any atom is -0.399 e. The number of nitrogen functional groups attached to an aromatic ring is 1. The van der Waals surface area contributed by atoms with Crippen LogP contribution in [0.5, 0.6) is 0 Å². The summed E-state index contributed by atoms with van der Waals surface area (Å²) in [4.78, 5) is 22.2. The highest BCUT2D eigenvalue weighted by atomic mass is 16.6. The fourth-order valence-electron chi connectivity index (χ4n) is 1.92. The molecule has 18 heavy (non-hydrogen) atoms. The average Bonchev–Trinajstić information content (AvgIpc) is 2.26. The molecule has 1 saturated carbocycles. The van der Waals surface area contributed by atoms with Crippen molar-refractivity contribution in [3.8, 4) is 0 Å². The first-order valence-corrected chi connectivity index (χ1v) is 5.90. The molecule has 1 aliphatic carbocycles. The van der Waals surface area contributed by atoms with Crippen LogP contribution >= 0.6 is 0 Å². The molecule has 1 aliphatic rings. The molecule has 0 aliphatic heterocycles. The number of anilines is 1. The van der Waals surface area contributed by atoms with Crippen molar-refractivity contribution in [3.63, 3.8) is 0 Å². The maximum Gasteiger partial charge on any atom is 0.282 e. The Bertz CT molecular complexity index is 483. The van der Waals surface area contributed by atoms with E-state index >= 15 is 0 Å². The fraction of sp³-hybridized carbons (Fsp3) is 0.417. The average molecular weight is 249 g/mol. The molecule has 0 saturated heterocycles. The van der Waals surface area contributed by atoms with Crippen LogP contribution < -0.4 is 11.1 Å². The highest BCUT2D eigenvalue weighted by molar-refractivity contribution is 5.99. The number of nitro groups is 1. The van der Waals surface area contributed by atoms with Crippen LogP contribution in [0.25, 0.3) is 0 Å². The number of nitrogens with one attached hydrogen (secondary N) is 1. The molecule has 6 heteroatoms. The van der Waals surface area contributed by atoms with Crippen LogP contribution in [0.3, 0.4) is 0 Å². The van der Waals surface area contributed by atoms with Crippen molar-refractivity contribution in [3.05, 3.63) is 33.9 Å². The first kappa shape index (κ1) is 12.3. The summed E-state index contributed by atoms with van der Waals surface area (Å²) in [6.45, 7) is 0.574. The molecule has 1 aromatic carbocycles. The Morgan fingerprint density at radius 1 is 1.50 bits per heavy atom. The van der Waals surface area contributed by atoms with Crippen molar-refractivity contribution in [2.24, 2.45) is 5.92 Å². The van der Waals surface area contributed by atoms with Gasteiger partial charge in [-0.05, 0) is 30.9 Å². The van der Waals surface area contributed by atoms with Crippen LogP contribution in [0.1, 0.15) is 29.6 Å². The molecular formula is C12H15N3O3. The van der Waals surface area contributed by atoms with Crippen molar-refractivity contribution in [1.82, 2.24) is 5.32 Å². The summed E-state index contributed by atoms with van der Waals surface area (Å²) in [5.74, 6) is 0.0787. The van der Waals surface area contributed by atoms with Crippen LogP contribution in [-0.4, -0.2) is 17.4 Å². The third-order valence-electron chi connectivity index (χ3n) is 3.24. The Labute approximate surface area is 104 Å². The number of nitro benzene ring substituents is 1. The molecule has 96 valence electrons. The number of hydrogen-bond donors (Lipinski definition) is 2. The van der Waals surface area contributed by atoms with Gasteiger partial charge in [0.25, 0.3) is 11.6 Å². The second-order valence-corrected chi connectivity index (χ2v) is 4.54. The maximum atomic E-state index is 11.9. The van der Waals surface area contributed by atoms with Crippen molar-refractivity contribution in [1.29, 1.82) is 0 Å². The van der Waals surface area contributed by atoms with Gasteiger partial charge in [-0.1, -0.05) is 6.42 Å². The summed E-state index contributed by atoms with van der Waals surface area (Å²) in [5, 5.41) is 13.6. The molecule has 0 atom stereocenters. The van der Waals surface area contributed by atoms with Gasteiger partial charge < -0.3 is 11.1 Å². The van der Waals surface area contributed by atoms with Crippen molar-refractivity contribution >= 4 is 17.3 Å². The van der Waals surface area contributed by atoms with Crippen LogP contribution in [0.15, 0.2) is 18.2 Å². The topological polar surface area (TPSA) is 98.3 Å². The summed E-state index contributed by atoms with van der Waals surface area (Å²) in [7, 11) is 0. The first-order valence-electron chi connectivity index (χ1n) is 5.90. The molecule has 0 heterocycles. The number of nitrogens with zero attached hydrogens (tertiary/aromatic N) is 1. The minimum absolute atomic E-state index is 0.0272. The lowest BCUT2D eigenvalue weighted by molar-refractivity contribution is -0.385. The number of carbonyl (C=O) groups excluding carboxylic acids is 1. The molecule has 1 aromatic rings. The Balaban J connectivity index is 2.11. The Morgan fingerprint density at radius 3 is 2.78 bits per heavy atom. The van der Waals surface area contributed by atoms with Gasteiger partial charge in [-0.25, -0.2) is 0 Å². The van der Waals surface area contributed by atoms with Gasteiger partial charge in [-0.15, -0.1) is 0 Å². The molecule has 2 rings (SSSR count). The molecule has 1 amide bonds. The highest BCUT2D eigenvalue weighted by Crippen LogP contribution is 2.26. The molecular weight excluding hydrogens is 234 g/mol. The van der Waals surface area contributed by atoms with E-state index in [4.69, 9.17) is 5.73 Å². The van der Waals surface area contributed by atoms with Gasteiger partial charge in [0.05, 0.1) is 4.92 Å². The monoisotopic (exact) mass is 249 g/mol. The molecule has 3 N–H and O–H groups in total. The first-order chi connectivity index (χ1) is 8.58. The molecule has 1 fully saturated rings. The highest BCUT2D eigenvalue weighted by Gasteiger charge is 2.22. The van der Waals surface area contributed by atoms with Gasteiger partial charge in [0.15, 0.2) is 0 Å². The Kier molecular flexibility index (Phi) is 3.45. The Hall–Kier alpha value is -2.11. The number of carbonyl (C=O) groups is 1. The largest absolute Gasteiger partial charge is 0.399 e. The van der Waals surface area contributed by atoms with Crippen molar-refractivity contribution in [2.45, 2.75) is 19.3 Å². The van der Waals surface area contributed by atoms with E-state index in [1.807, 2.05) is 0 Å². The molecule has 0 radical (unpaired) electrons. The van der Waals surface area contributed by atoms with E-state index in [1.54, 1.807) is 0 Å². The lowest BCUT2D eigenvalue weighted by Crippen LogP contribution is -2.32. The van der Waals surface area contributed by atoms with E-state index in [0.717, 1.165) is 12.8 Å². The normalized spacial score (nSPS) is 14.9. The summed E-state index contributed by atoms with van der Waals surface area (Å²) < 4.78 is 0. The number of amides is 1. The number of hydrogen-bond acceptors (Lipinski definition) is 4. The standard InChI is InChI=1S/C12H15N3O3/c13-9-4-5-11(15(17)18)10(6-9)12(16)14-7-8-2-1-3-8/h4-6,8H,1-3,7,13H2,(H,14,16). The lowest BCUT2D eigenvalue weighted by Gasteiger charge is -2.25. The second kappa shape index (κ2) is 5.03. The van der Waals surface area contributed by atoms with Crippen LogP contribution in [0.2, 0.25) is 0 Å². The predicted molar refractivity (Wildman–Crippen MR) is 67.2 cm³/mol. The van der Waals surface area contributed by atoms with E-state index in [9.17, 15) is 14.9 Å². The third-order valence-corrected chi connectivity index (χ3v) is 3.24. The van der Waals surface area contributed by atoms with E-state index in [2.05, 4.69) is 5.32 Å². The quantitative estimate of drug-likeness (QED) is 0.482. The number of benzene rings is 1. The van der Waals surface area contributed by atoms with Crippen molar-refractivity contribution in [2.75, 3.05) is 12.3 Å². The van der Waals surface area contributed by atoms with Gasteiger partial charge in [0.2, 0.25) is 0 Å². The van der Waals surface area contributed by atoms with Crippen LogP contribution in [-0.2, 0) is 0 Å². The molecule has 0 aromatic heterocycles. The van der Waals surface area contributed by atoms with E-state index in [0.29, 0.717) is 18.2 Å². The zero-order valence-electron chi connectivity index (χ0n) is 9.89. The zero-order chi connectivity index (χ0) is 13.1. The predicted octanol–water partition coefficient (Wildman–Crippen LogP) is 1.71. The van der Waals surface area contributed by atoms with E-state index in [-0.39, 0.29) is 11.3 Å². The minimum atomic E-state index is -0.572. The summed E-state index contributed by atoms with van der Waals surface area (Å²) in [6, 6.07) is 4.02. The zero-order valence-corrected chi connectivity index (χ0v) is 9.89. The third kappa shape index (κ3) is 2.58. The lowest BCUT2D eigenvalue weighted by atomic mass is 9.85. The van der Waals surface area contributed by atoms with Gasteiger partial charge in [-0.2, -0.15) is 0 Å². The summed E-state index contributed by atoms with van der Waals surface area (Å²) >= 11 is 0. The van der Waals surface area contributed by atoms with Gasteiger partial charge >= 0.3 is 0 Å². The number of nitrogens with two attached hydrogens (primary N) is 1. The fourth-order valence-corrected chi connectivity index (χ4v) is 1.92. The molecule has 6 nitrogen and oxygen atoms in total. The van der Waals surface area contributed by atoms with Gasteiger partial charge in [-0.3, -0.25) is 14.9 Å². The molecule has 0 unspecified atom stereocenters. The summed E-state index contributed by atoms with van der Waals surface area (Å²) in [5.41, 5.74) is 5.71. The van der Waals surface area contributed by atoms with Crippen LogP contribution in [0.4, 0.5) is 11.4 Å². The molecule has 0 bridgehead atoms. The Morgan fingerprint density at radius 2 is 2.22 bits per heavy atom. The van der Waals surface area contributed by atoms with Crippen LogP contribution in [0, 0.1) is 16.0 Å². The molecule has 0 spiro atoms. The van der Waals surface area contributed by atoms with Gasteiger partial charge in [0.1, 0.15) is 5.56 Å². The smallest absolute Gasteiger partial charge is 0.282 e.